The van der Waals surface area contributed by atoms with Crippen LogP contribution in [0.5, 0.6) is 0 Å². The summed E-state index contributed by atoms with van der Waals surface area (Å²) in [6, 6.07) is 24.1. The van der Waals surface area contributed by atoms with Crippen LogP contribution in [0.25, 0.3) is 31.8 Å². The predicted octanol–water partition coefficient (Wildman–Crippen LogP) is 5.61. The molecule has 156 valence electrons. The van der Waals surface area contributed by atoms with Crippen LogP contribution in [0.15, 0.2) is 77.6 Å². The Hall–Kier alpha value is -3.97. The standard InChI is InChI=1S/C25H19N5OS/c1-15-7-11-17(12-8-15)26-24-28-30-23(31)22-21(19-5-3-4-6-20(19)32-22)27-25(30)29(24)18-13-9-16(2)10-14-18/h3-14H,1-2H3,(H,26,28). The largest absolute Gasteiger partial charge is 0.324 e. The molecule has 0 saturated heterocycles. The fourth-order valence-corrected chi connectivity index (χ4v) is 4.94. The Kier molecular flexibility index (Phi) is 4.13. The highest BCUT2D eigenvalue weighted by molar-refractivity contribution is 7.25. The molecule has 0 fully saturated rings. The Bertz CT molecular complexity index is 1670. The fraction of sp³-hybridized carbons (Fsp3) is 0.0800. The topological polar surface area (TPSA) is 64.2 Å². The van der Waals surface area contributed by atoms with Crippen molar-refractivity contribution >= 4 is 49.1 Å². The lowest BCUT2D eigenvalue weighted by atomic mass is 10.2. The number of nitrogens with one attached hydrogen (secondary N) is 1. The Morgan fingerprint density at radius 3 is 2.31 bits per heavy atom. The minimum atomic E-state index is -0.163. The van der Waals surface area contributed by atoms with Gasteiger partial charge < -0.3 is 5.32 Å². The maximum Gasteiger partial charge on any atom is 0.293 e. The van der Waals surface area contributed by atoms with E-state index in [1.807, 2.05) is 91.2 Å². The zero-order valence-corrected chi connectivity index (χ0v) is 18.4. The van der Waals surface area contributed by atoms with Crippen LogP contribution in [0, 0.1) is 13.8 Å². The molecule has 0 aliphatic carbocycles. The molecule has 0 spiro atoms. The molecule has 3 heterocycles. The minimum absolute atomic E-state index is 0.163. The molecule has 6 rings (SSSR count). The second kappa shape index (κ2) is 7.03. The van der Waals surface area contributed by atoms with Gasteiger partial charge in [0.05, 0.1) is 11.2 Å². The lowest BCUT2D eigenvalue weighted by Crippen LogP contribution is -2.15. The van der Waals surface area contributed by atoms with E-state index >= 15 is 0 Å². The predicted molar refractivity (Wildman–Crippen MR) is 131 cm³/mol. The molecule has 0 aliphatic heterocycles. The summed E-state index contributed by atoms with van der Waals surface area (Å²) in [5.74, 6) is 1.01. The molecule has 0 radical (unpaired) electrons. The minimum Gasteiger partial charge on any atom is -0.324 e. The van der Waals surface area contributed by atoms with Gasteiger partial charge in [0.25, 0.3) is 5.56 Å². The molecule has 6 nitrogen and oxygen atoms in total. The first kappa shape index (κ1) is 18.8. The maximum absolute atomic E-state index is 13.4. The zero-order valence-electron chi connectivity index (χ0n) is 17.5. The van der Waals surface area contributed by atoms with E-state index in [-0.39, 0.29) is 5.56 Å². The van der Waals surface area contributed by atoms with E-state index in [0.29, 0.717) is 21.9 Å². The summed E-state index contributed by atoms with van der Waals surface area (Å²) in [5.41, 5.74) is 4.65. The summed E-state index contributed by atoms with van der Waals surface area (Å²) in [6.45, 7) is 4.09. The van der Waals surface area contributed by atoms with Crippen molar-refractivity contribution in [3.05, 3.63) is 94.3 Å². The van der Waals surface area contributed by atoms with E-state index in [9.17, 15) is 4.79 Å². The van der Waals surface area contributed by atoms with Crippen LogP contribution < -0.4 is 10.9 Å². The van der Waals surface area contributed by atoms with Crippen LogP contribution in [0.1, 0.15) is 11.1 Å². The lowest BCUT2D eigenvalue weighted by Gasteiger charge is -2.10. The van der Waals surface area contributed by atoms with Crippen LogP contribution in [0.2, 0.25) is 0 Å². The van der Waals surface area contributed by atoms with Gasteiger partial charge >= 0.3 is 0 Å². The van der Waals surface area contributed by atoms with Gasteiger partial charge in [-0.3, -0.25) is 4.79 Å². The van der Waals surface area contributed by atoms with Gasteiger partial charge in [-0.2, -0.15) is 4.52 Å². The van der Waals surface area contributed by atoms with E-state index in [2.05, 4.69) is 10.4 Å². The number of anilines is 2. The Morgan fingerprint density at radius 1 is 0.875 bits per heavy atom. The molecule has 0 aliphatic rings. The molecule has 1 N–H and O–H groups in total. The van der Waals surface area contributed by atoms with Crippen molar-refractivity contribution in [3.63, 3.8) is 0 Å². The zero-order chi connectivity index (χ0) is 21.8. The van der Waals surface area contributed by atoms with Crippen molar-refractivity contribution in [1.29, 1.82) is 0 Å². The Labute approximate surface area is 187 Å². The van der Waals surface area contributed by atoms with Crippen LogP contribution >= 0.6 is 11.3 Å². The molecule has 0 bridgehead atoms. The van der Waals surface area contributed by atoms with Crippen molar-refractivity contribution in [2.24, 2.45) is 0 Å². The third kappa shape index (κ3) is 2.90. The van der Waals surface area contributed by atoms with Crippen LogP contribution in [0.4, 0.5) is 11.6 Å². The summed E-state index contributed by atoms with van der Waals surface area (Å²) in [6.07, 6.45) is 0. The number of benzene rings is 3. The van der Waals surface area contributed by atoms with Gasteiger partial charge in [-0.1, -0.05) is 53.6 Å². The van der Waals surface area contributed by atoms with Crippen LogP contribution in [-0.4, -0.2) is 19.2 Å². The van der Waals surface area contributed by atoms with Gasteiger partial charge in [-0.05, 0) is 44.2 Å². The molecule has 7 heteroatoms. The highest BCUT2D eigenvalue weighted by atomic mass is 32.1. The second-order valence-corrected chi connectivity index (χ2v) is 8.94. The third-order valence-electron chi connectivity index (χ3n) is 5.56. The van der Waals surface area contributed by atoms with Crippen molar-refractivity contribution in [3.8, 4) is 5.69 Å². The molecule has 0 atom stereocenters. The molecule has 0 unspecified atom stereocenters. The van der Waals surface area contributed by atoms with Gasteiger partial charge in [0.2, 0.25) is 11.7 Å². The number of aromatic nitrogens is 4. The van der Waals surface area contributed by atoms with E-state index in [0.717, 1.165) is 27.0 Å². The summed E-state index contributed by atoms with van der Waals surface area (Å²) >= 11 is 1.46. The average molecular weight is 438 g/mol. The third-order valence-corrected chi connectivity index (χ3v) is 6.71. The quantitative estimate of drug-likeness (QED) is 0.391. The SMILES string of the molecule is Cc1ccc(Nc2nn3c(=O)c4sc5ccccc5c4nc3n2-c2ccc(C)cc2)cc1. The van der Waals surface area contributed by atoms with E-state index in [1.54, 1.807) is 0 Å². The molecule has 3 aromatic heterocycles. The number of aryl methyl sites for hydroxylation is 2. The number of hydrogen-bond donors (Lipinski definition) is 1. The summed E-state index contributed by atoms with van der Waals surface area (Å²) in [4.78, 5) is 18.4. The number of rotatable bonds is 3. The first-order valence-electron chi connectivity index (χ1n) is 10.3. The van der Waals surface area contributed by atoms with Gasteiger partial charge in [-0.15, -0.1) is 16.4 Å². The number of hydrogen-bond acceptors (Lipinski definition) is 5. The van der Waals surface area contributed by atoms with Crippen molar-refractivity contribution < 1.29 is 0 Å². The summed E-state index contributed by atoms with van der Waals surface area (Å²) < 4.78 is 4.94. The number of fused-ring (bicyclic) bond motifs is 4. The molecule has 6 aromatic rings. The first-order chi connectivity index (χ1) is 15.6. The van der Waals surface area contributed by atoms with Crippen molar-refractivity contribution in [2.45, 2.75) is 13.8 Å². The first-order valence-corrected chi connectivity index (χ1v) is 11.1. The Morgan fingerprint density at radius 2 is 1.56 bits per heavy atom. The average Bonchev–Trinajstić information content (AvgIpc) is 3.35. The van der Waals surface area contributed by atoms with Gasteiger partial charge in [0.1, 0.15) is 4.70 Å². The molecule has 3 aromatic carbocycles. The molecular weight excluding hydrogens is 418 g/mol. The monoisotopic (exact) mass is 437 g/mol. The van der Waals surface area contributed by atoms with Gasteiger partial charge in [0, 0.05) is 15.8 Å². The Balaban J connectivity index is 1.67. The van der Waals surface area contributed by atoms with Crippen molar-refractivity contribution in [2.75, 3.05) is 5.32 Å². The fourth-order valence-electron chi connectivity index (χ4n) is 3.87. The molecule has 0 saturated carbocycles. The van der Waals surface area contributed by atoms with Crippen LogP contribution in [-0.2, 0) is 0 Å². The highest BCUT2D eigenvalue weighted by Crippen LogP contribution is 2.31. The van der Waals surface area contributed by atoms with Crippen LogP contribution in [0.3, 0.4) is 0 Å². The van der Waals surface area contributed by atoms with E-state index < -0.39 is 0 Å². The van der Waals surface area contributed by atoms with E-state index in [4.69, 9.17) is 4.98 Å². The van der Waals surface area contributed by atoms with Gasteiger partial charge in [0.15, 0.2) is 0 Å². The normalized spacial score (nSPS) is 11.6. The van der Waals surface area contributed by atoms with Crippen molar-refractivity contribution in [1.82, 2.24) is 19.2 Å². The number of nitrogens with zero attached hydrogens (tertiary/aromatic N) is 4. The lowest BCUT2D eigenvalue weighted by molar-refractivity contribution is 0.920. The number of thiophene rings is 1. The summed E-state index contributed by atoms with van der Waals surface area (Å²) in [5, 5.41) is 9.00. The maximum atomic E-state index is 13.4. The highest BCUT2D eigenvalue weighted by Gasteiger charge is 2.20. The molecule has 0 amide bonds. The van der Waals surface area contributed by atoms with E-state index in [1.165, 1.54) is 21.4 Å². The molecular formula is C25H19N5OS. The van der Waals surface area contributed by atoms with Gasteiger partial charge in [-0.25, -0.2) is 9.55 Å². The summed E-state index contributed by atoms with van der Waals surface area (Å²) in [7, 11) is 0. The molecule has 32 heavy (non-hydrogen) atoms. The smallest absolute Gasteiger partial charge is 0.293 e. The second-order valence-electron chi connectivity index (χ2n) is 7.89.